The van der Waals surface area contributed by atoms with E-state index in [9.17, 15) is 9.90 Å². The molecule has 2 unspecified atom stereocenters. The van der Waals surface area contributed by atoms with Crippen LogP contribution in [-0.2, 0) is 0 Å². The number of piperidine rings is 2. The van der Waals surface area contributed by atoms with Gasteiger partial charge in [-0.1, -0.05) is 6.92 Å². The fourth-order valence-corrected chi connectivity index (χ4v) is 3.31. The van der Waals surface area contributed by atoms with E-state index in [2.05, 4.69) is 17.1 Å². The Labute approximate surface area is 128 Å². The molecule has 2 N–H and O–H groups in total. The minimum Gasteiger partial charge on any atom is -0.393 e. The minimum absolute atomic E-state index is 0.0331. The van der Waals surface area contributed by atoms with Crippen molar-refractivity contribution in [3.63, 3.8) is 0 Å². The Morgan fingerprint density at radius 2 is 2.00 bits per heavy atom. The second-order valence-electron chi connectivity index (χ2n) is 6.85. The molecule has 0 aromatic carbocycles. The fourth-order valence-electron chi connectivity index (χ4n) is 3.31. The van der Waals surface area contributed by atoms with Crippen molar-refractivity contribution in [3.05, 3.63) is 0 Å². The van der Waals surface area contributed by atoms with Gasteiger partial charge < -0.3 is 20.2 Å². The fraction of sp³-hybridized carbons (Fsp3) is 0.938. The summed E-state index contributed by atoms with van der Waals surface area (Å²) in [6, 6.07) is 0.0331. The number of hydrogen-bond donors (Lipinski definition) is 2. The quantitative estimate of drug-likeness (QED) is 0.827. The van der Waals surface area contributed by atoms with Crippen LogP contribution in [0.3, 0.4) is 0 Å². The molecule has 5 nitrogen and oxygen atoms in total. The lowest BCUT2D eigenvalue weighted by Crippen LogP contribution is -2.49. The number of amides is 2. The van der Waals surface area contributed by atoms with Crippen molar-refractivity contribution in [1.82, 2.24) is 15.1 Å². The molecule has 2 aliphatic heterocycles. The Kier molecular flexibility index (Phi) is 6.30. The van der Waals surface area contributed by atoms with Gasteiger partial charge in [0, 0.05) is 32.1 Å². The number of rotatable bonds is 4. The molecule has 2 rings (SSSR count). The number of carbonyl (C=O) groups excluding carboxylic acids is 1. The van der Waals surface area contributed by atoms with Crippen LogP contribution in [-0.4, -0.2) is 66.3 Å². The van der Waals surface area contributed by atoms with Gasteiger partial charge in [-0.15, -0.1) is 0 Å². The van der Waals surface area contributed by atoms with Gasteiger partial charge in [0.15, 0.2) is 0 Å². The highest BCUT2D eigenvalue weighted by molar-refractivity contribution is 5.74. The first-order valence-electron chi connectivity index (χ1n) is 8.49. The summed E-state index contributed by atoms with van der Waals surface area (Å²) in [6.07, 6.45) is 4.24. The largest absolute Gasteiger partial charge is 0.393 e. The molecule has 0 spiro atoms. The summed E-state index contributed by atoms with van der Waals surface area (Å²) in [4.78, 5) is 16.5. The van der Waals surface area contributed by atoms with Gasteiger partial charge in [0.25, 0.3) is 0 Å². The summed E-state index contributed by atoms with van der Waals surface area (Å²) in [7, 11) is 0. The molecule has 0 bridgehead atoms. The second-order valence-corrected chi connectivity index (χ2v) is 6.85. The van der Waals surface area contributed by atoms with Crippen LogP contribution in [0.25, 0.3) is 0 Å². The molecular weight excluding hydrogens is 266 g/mol. The molecular formula is C16H31N3O2. The molecule has 0 aromatic heterocycles. The lowest BCUT2D eigenvalue weighted by molar-refractivity contribution is 0.0737. The molecule has 0 aromatic rings. The van der Waals surface area contributed by atoms with Crippen molar-refractivity contribution < 1.29 is 9.90 Å². The van der Waals surface area contributed by atoms with E-state index >= 15 is 0 Å². The zero-order valence-corrected chi connectivity index (χ0v) is 13.6. The summed E-state index contributed by atoms with van der Waals surface area (Å²) in [6.45, 7) is 9.63. The van der Waals surface area contributed by atoms with Crippen molar-refractivity contribution in [2.75, 3.05) is 39.3 Å². The zero-order valence-electron chi connectivity index (χ0n) is 13.6. The molecule has 0 saturated carbocycles. The molecule has 2 atom stereocenters. The van der Waals surface area contributed by atoms with Crippen LogP contribution in [0, 0.1) is 11.8 Å². The highest BCUT2D eigenvalue weighted by Gasteiger charge is 2.26. The Morgan fingerprint density at radius 1 is 1.29 bits per heavy atom. The maximum atomic E-state index is 12.2. The highest BCUT2D eigenvalue weighted by Crippen LogP contribution is 2.19. The number of aliphatic hydroxyl groups excluding tert-OH is 1. The van der Waals surface area contributed by atoms with Gasteiger partial charge in [-0.3, -0.25) is 0 Å². The molecule has 122 valence electrons. The molecule has 2 heterocycles. The van der Waals surface area contributed by atoms with Gasteiger partial charge in [0.05, 0.1) is 6.10 Å². The minimum atomic E-state index is -0.323. The number of nitrogens with one attached hydrogen (secondary N) is 1. The van der Waals surface area contributed by atoms with Gasteiger partial charge in [-0.2, -0.15) is 0 Å². The van der Waals surface area contributed by atoms with Crippen molar-refractivity contribution >= 4 is 6.03 Å². The van der Waals surface area contributed by atoms with E-state index in [1.807, 2.05) is 11.8 Å². The molecule has 2 amide bonds. The van der Waals surface area contributed by atoms with Crippen LogP contribution in [0.5, 0.6) is 0 Å². The maximum Gasteiger partial charge on any atom is 0.317 e. The zero-order chi connectivity index (χ0) is 15.2. The molecule has 2 fully saturated rings. The predicted octanol–water partition coefficient (Wildman–Crippen LogP) is 1.52. The van der Waals surface area contributed by atoms with Crippen molar-refractivity contribution in [2.24, 2.45) is 11.8 Å². The Morgan fingerprint density at radius 3 is 2.67 bits per heavy atom. The summed E-state index contributed by atoms with van der Waals surface area (Å²) >= 11 is 0. The van der Waals surface area contributed by atoms with Gasteiger partial charge in [-0.25, -0.2) is 4.79 Å². The average molecular weight is 297 g/mol. The topological polar surface area (TPSA) is 55.8 Å². The van der Waals surface area contributed by atoms with Crippen LogP contribution in [0.15, 0.2) is 0 Å². The third-order valence-corrected chi connectivity index (χ3v) is 5.01. The van der Waals surface area contributed by atoms with Crippen molar-refractivity contribution in [1.29, 1.82) is 0 Å². The molecule has 21 heavy (non-hydrogen) atoms. The summed E-state index contributed by atoms with van der Waals surface area (Å²) in [5, 5.41) is 12.7. The normalized spacial score (nSPS) is 26.6. The number of likely N-dealkylation sites (tertiary alicyclic amines) is 2. The van der Waals surface area contributed by atoms with Gasteiger partial charge >= 0.3 is 6.03 Å². The van der Waals surface area contributed by atoms with Crippen LogP contribution in [0.1, 0.15) is 39.5 Å². The van der Waals surface area contributed by atoms with E-state index in [0.717, 1.165) is 51.5 Å². The summed E-state index contributed by atoms with van der Waals surface area (Å²) in [5.74, 6) is 1.08. The lowest BCUT2D eigenvalue weighted by Gasteiger charge is -2.34. The van der Waals surface area contributed by atoms with Crippen LogP contribution < -0.4 is 5.32 Å². The number of carbonyl (C=O) groups is 1. The smallest absolute Gasteiger partial charge is 0.317 e. The van der Waals surface area contributed by atoms with E-state index < -0.39 is 0 Å². The molecule has 2 aliphatic rings. The first-order valence-corrected chi connectivity index (χ1v) is 8.49. The van der Waals surface area contributed by atoms with Crippen molar-refractivity contribution in [3.8, 4) is 0 Å². The first-order chi connectivity index (χ1) is 10.1. The third-order valence-electron chi connectivity index (χ3n) is 5.01. The Bertz CT molecular complexity index is 327. The van der Waals surface area contributed by atoms with E-state index in [-0.39, 0.29) is 18.1 Å². The molecule has 0 radical (unpaired) electrons. The standard InChI is InChI=1S/C16H31N3O2/c1-13-5-9-18(10-6-13)11-7-17-16(21)19-8-3-4-15(12-19)14(2)20/h13-15,20H,3-12H2,1-2H3,(H,17,21). The van der Waals surface area contributed by atoms with Gasteiger partial charge in [-0.05, 0) is 51.6 Å². The Hall–Kier alpha value is -0.810. The summed E-state index contributed by atoms with van der Waals surface area (Å²) < 4.78 is 0. The van der Waals surface area contributed by atoms with Crippen LogP contribution in [0.4, 0.5) is 4.79 Å². The van der Waals surface area contributed by atoms with Crippen LogP contribution >= 0.6 is 0 Å². The van der Waals surface area contributed by atoms with Crippen molar-refractivity contribution in [2.45, 2.75) is 45.6 Å². The maximum absolute atomic E-state index is 12.2. The van der Waals surface area contributed by atoms with Gasteiger partial charge in [0.1, 0.15) is 0 Å². The molecule has 0 aliphatic carbocycles. The third kappa shape index (κ3) is 5.15. The van der Waals surface area contributed by atoms with E-state index in [1.165, 1.54) is 12.8 Å². The van der Waals surface area contributed by atoms with E-state index in [1.54, 1.807) is 0 Å². The number of aliphatic hydroxyl groups is 1. The van der Waals surface area contributed by atoms with Gasteiger partial charge in [0.2, 0.25) is 0 Å². The lowest BCUT2D eigenvalue weighted by atomic mass is 9.94. The number of hydrogen-bond acceptors (Lipinski definition) is 3. The monoisotopic (exact) mass is 297 g/mol. The Balaban J connectivity index is 1.65. The number of urea groups is 1. The summed E-state index contributed by atoms with van der Waals surface area (Å²) in [5.41, 5.74) is 0. The first kappa shape index (κ1) is 16.6. The second kappa shape index (κ2) is 7.99. The molecule has 5 heteroatoms. The SMILES string of the molecule is CC1CCN(CCNC(=O)N2CCCC(C(C)O)C2)CC1. The van der Waals surface area contributed by atoms with Crippen LogP contribution in [0.2, 0.25) is 0 Å². The highest BCUT2D eigenvalue weighted by atomic mass is 16.3. The predicted molar refractivity (Wildman–Crippen MR) is 84.2 cm³/mol. The van der Waals surface area contributed by atoms with E-state index in [4.69, 9.17) is 0 Å². The average Bonchev–Trinajstić information content (AvgIpc) is 2.49. The van der Waals surface area contributed by atoms with E-state index in [0.29, 0.717) is 6.54 Å². The molecule has 2 saturated heterocycles. The number of nitrogens with zero attached hydrogens (tertiary/aromatic N) is 2.